The highest BCUT2D eigenvalue weighted by Gasteiger charge is 2.28. The average molecular weight is 384 g/mol. The van der Waals surface area contributed by atoms with Crippen LogP contribution in [0.25, 0.3) is 0 Å². The fourth-order valence-electron chi connectivity index (χ4n) is 3.06. The van der Waals surface area contributed by atoms with Gasteiger partial charge in [-0.3, -0.25) is 9.69 Å². The number of carbonyl (C=O) groups is 1. The van der Waals surface area contributed by atoms with E-state index < -0.39 is 15.9 Å². The summed E-state index contributed by atoms with van der Waals surface area (Å²) < 4.78 is 27.0. The number of amides is 1. The Bertz CT molecular complexity index is 973. The van der Waals surface area contributed by atoms with Gasteiger partial charge in [-0.1, -0.05) is 12.1 Å². The maximum Gasteiger partial charge on any atom is 0.248 e. The van der Waals surface area contributed by atoms with Crippen LogP contribution in [0.15, 0.2) is 53.4 Å². The number of benzene rings is 2. The Morgan fingerprint density at radius 1 is 1.07 bits per heavy atom. The van der Waals surface area contributed by atoms with Gasteiger partial charge in [0, 0.05) is 38.3 Å². The second kappa shape index (κ2) is 7.88. The van der Waals surface area contributed by atoms with Gasteiger partial charge in [-0.25, -0.2) is 8.42 Å². The summed E-state index contributed by atoms with van der Waals surface area (Å²) in [5.74, 6) is -0.463. The van der Waals surface area contributed by atoms with Gasteiger partial charge in [0.2, 0.25) is 15.9 Å². The summed E-state index contributed by atoms with van der Waals surface area (Å²) >= 11 is 0. The fourth-order valence-corrected chi connectivity index (χ4v) is 4.48. The van der Waals surface area contributed by atoms with Crippen LogP contribution in [-0.2, 0) is 16.6 Å². The van der Waals surface area contributed by atoms with E-state index in [2.05, 4.69) is 4.90 Å². The lowest BCUT2D eigenvalue weighted by atomic mass is 10.1. The van der Waals surface area contributed by atoms with Crippen molar-refractivity contribution < 1.29 is 13.2 Å². The summed E-state index contributed by atoms with van der Waals surface area (Å²) in [5.41, 5.74) is 7.17. The second-order valence-corrected chi connectivity index (χ2v) is 8.32. The molecule has 1 amide bonds. The molecule has 2 N–H and O–H groups in total. The average Bonchev–Trinajstić information content (AvgIpc) is 2.68. The lowest BCUT2D eigenvalue weighted by Crippen LogP contribution is -2.48. The molecular weight excluding hydrogens is 364 g/mol. The third kappa shape index (κ3) is 4.34. The van der Waals surface area contributed by atoms with Crippen molar-refractivity contribution in [2.24, 2.45) is 5.73 Å². The molecule has 1 aliphatic rings. The fraction of sp³-hybridized carbons (Fsp3) is 0.263. The topological polar surface area (TPSA) is 108 Å². The lowest BCUT2D eigenvalue weighted by molar-refractivity contribution is 0.1000. The van der Waals surface area contributed by atoms with Crippen LogP contribution in [0.3, 0.4) is 0 Å². The number of hydrogen-bond acceptors (Lipinski definition) is 5. The number of primary amides is 1. The molecule has 1 saturated heterocycles. The summed E-state index contributed by atoms with van der Waals surface area (Å²) in [6.07, 6.45) is 0. The monoisotopic (exact) mass is 384 g/mol. The van der Waals surface area contributed by atoms with Crippen LogP contribution in [0.4, 0.5) is 0 Å². The van der Waals surface area contributed by atoms with E-state index in [1.807, 2.05) is 12.1 Å². The molecule has 0 aromatic heterocycles. The zero-order valence-electron chi connectivity index (χ0n) is 14.7. The first-order valence-corrected chi connectivity index (χ1v) is 9.95. The quantitative estimate of drug-likeness (QED) is 0.832. The third-order valence-corrected chi connectivity index (χ3v) is 6.48. The van der Waals surface area contributed by atoms with Gasteiger partial charge in [-0.15, -0.1) is 0 Å². The van der Waals surface area contributed by atoms with E-state index in [0.717, 1.165) is 5.56 Å². The van der Waals surface area contributed by atoms with E-state index in [1.54, 1.807) is 18.2 Å². The number of carbonyl (C=O) groups excluding carboxylic acids is 1. The Morgan fingerprint density at radius 2 is 1.74 bits per heavy atom. The van der Waals surface area contributed by atoms with Gasteiger partial charge in [0.15, 0.2) is 0 Å². The molecule has 2 aromatic rings. The summed E-state index contributed by atoms with van der Waals surface area (Å²) in [5, 5.41) is 8.84. The van der Waals surface area contributed by atoms with Crippen LogP contribution in [0.5, 0.6) is 0 Å². The number of rotatable bonds is 5. The number of sulfonamides is 1. The highest BCUT2D eigenvalue weighted by molar-refractivity contribution is 7.89. The lowest BCUT2D eigenvalue weighted by Gasteiger charge is -2.34. The van der Waals surface area contributed by atoms with E-state index in [9.17, 15) is 13.2 Å². The number of nitriles is 1. The Balaban J connectivity index is 1.63. The maximum atomic E-state index is 12.7. The van der Waals surface area contributed by atoms with Gasteiger partial charge in [0.05, 0.1) is 16.5 Å². The van der Waals surface area contributed by atoms with E-state index in [0.29, 0.717) is 43.9 Å². The molecule has 3 rings (SSSR count). The molecule has 2 aromatic carbocycles. The van der Waals surface area contributed by atoms with Gasteiger partial charge in [0.1, 0.15) is 0 Å². The van der Waals surface area contributed by atoms with Crippen molar-refractivity contribution in [1.29, 1.82) is 5.26 Å². The van der Waals surface area contributed by atoms with E-state index in [-0.39, 0.29) is 4.90 Å². The van der Waals surface area contributed by atoms with Crippen molar-refractivity contribution in [1.82, 2.24) is 9.21 Å². The zero-order chi connectivity index (χ0) is 19.4. The SMILES string of the molecule is N#Cc1ccc(S(=O)(=O)N2CCN(Cc3cccc(C(N)=O)c3)CC2)cc1. The Hall–Kier alpha value is -2.73. The molecule has 1 aliphatic heterocycles. The molecule has 0 saturated carbocycles. The van der Waals surface area contributed by atoms with E-state index in [4.69, 9.17) is 11.0 Å². The molecule has 0 aliphatic carbocycles. The normalized spacial score (nSPS) is 16.0. The minimum atomic E-state index is -3.57. The molecule has 1 heterocycles. The maximum absolute atomic E-state index is 12.7. The first-order valence-electron chi connectivity index (χ1n) is 8.51. The highest BCUT2D eigenvalue weighted by atomic mass is 32.2. The van der Waals surface area contributed by atoms with Crippen molar-refractivity contribution in [3.63, 3.8) is 0 Å². The Morgan fingerprint density at radius 3 is 2.33 bits per heavy atom. The Labute approximate surface area is 158 Å². The third-order valence-electron chi connectivity index (χ3n) is 4.57. The van der Waals surface area contributed by atoms with Gasteiger partial charge >= 0.3 is 0 Å². The van der Waals surface area contributed by atoms with E-state index >= 15 is 0 Å². The minimum absolute atomic E-state index is 0.198. The molecule has 0 atom stereocenters. The van der Waals surface area contributed by atoms with Crippen molar-refractivity contribution in [2.45, 2.75) is 11.4 Å². The van der Waals surface area contributed by atoms with Crippen molar-refractivity contribution >= 4 is 15.9 Å². The van der Waals surface area contributed by atoms with Gasteiger partial charge in [-0.05, 0) is 42.0 Å². The Kier molecular flexibility index (Phi) is 5.56. The molecule has 0 unspecified atom stereocenters. The first kappa shape index (κ1) is 19.0. The van der Waals surface area contributed by atoms with Crippen LogP contribution in [-0.4, -0.2) is 49.7 Å². The summed E-state index contributed by atoms with van der Waals surface area (Å²) in [4.78, 5) is 13.6. The second-order valence-electron chi connectivity index (χ2n) is 6.38. The van der Waals surface area contributed by atoms with Crippen molar-refractivity contribution in [3.05, 3.63) is 65.2 Å². The zero-order valence-corrected chi connectivity index (χ0v) is 15.5. The van der Waals surface area contributed by atoms with Crippen LogP contribution in [0, 0.1) is 11.3 Å². The summed E-state index contributed by atoms with van der Waals surface area (Å²) in [6, 6.07) is 15.1. The molecule has 0 spiro atoms. The van der Waals surface area contributed by atoms with Crippen molar-refractivity contribution in [3.8, 4) is 6.07 Å². The number of nitrogens with zero attached hydrogens (tertiary/aromatic N) is 3. The summed E-state index contributed by atoms with van der Waals surface area (Å²) in [6.45, 7) is 2.59. The molecule has 1 fully saturated rings. The van der Waals surface area contributed by atoms with Crippen LogP contribution >= 0.6 is 0 Å². The standard InChI is InChI=1S/C19H20N4O3S/c20-13-15-4-6-18(7-5-15)27(25,26)23-10-8-22(9-11-23)14-16-2-1-3-17(12-16)19(21)24/h1-7,12H,8-11,14H2,(H2,21,24). The molecule has 7 nitrogen and oxygen atoms in total. The summed E-state index contributed by atoms with van der Waals surface area (Å²) in [7, 11) is -3.57. The smallest absolute Gasteiger partial charge is 0.248 e. The van der Waals surface area contributed by atoms with Crippen LogP contribution < -0.4 is 5.73 Å². The van der Waals surface area contributed by atoms with Gasteiger partial charge in [0.25, 0.3) is 0 Å². The molecule has 0 bridgehead atoms. The van der Waals surface area contributed by atoms with Crippen LogP contribution in [0.1, 0.15) is 21.5 Å². The molecule has 27 heavy (non-hydrogen) atoms. The largest absolute Gasteiger partial charge is 0.366 e. The molecule has 8 heteroatoms. The number of hydrogen-bond donors (Lipinski definition) is 1. The molecular formula is C19H20N4O3S. The molecule has 140 valence electrons. The van der Waals surface area contributed by atoms with Gasteiger partial charge in [-0.2, -0.15) is 9.57 Å². The number of piperazine rings is 1. The minimum Gasteiger partial charge on any atom is -0.366 e. The van der Waals surface area contributed by atoms with E-state index in [1.165, 1.54) is 28.6 Å². The van der Waals surface area contributed by atoms with Gasteiger partial charge < -0.3 is 5.73 Å². The predicted molar refractivity (Wildman–Crippen MR) is 100 cm³/mol. The van der Waals surface area contributed by atoms with Crippen molar-refractivity contribution in [2.75, 3.05) is 26.2 Å². The predicted octanol–water partition coefficient (Wildman–Crippen LogP) is 1.16. The molecule has 0 radical (unpaired) electrons. The number of nitrogens with two attached hydrogens (primary N) is 1. The highest BCUT2D eigenvalue weighted by Crippen LogP contribution is 2.19. The van der Waals surface area contributed by atoms with Crippen LogP contribution in [0.2, 0.25) is 0 Å². The first-order chi connectivity index (χ1) is 12.9.